The summed E-state index contributed by atoms with van der Waals surface area (Å²) in [6, 6.07) is 0. The second-order valence-electron chi connectivity index (χ2n) is 8.14. The Balaban J connectivity index is 3.51. The van der Waals surface area contributed by atoms with E-state index in [0.29, 0.717) is 11.3 Å². The molecule has 0 bridgehead atoms. The van der Waals surface area contributed by atoms with Gasteiger partial charge in [0.15, 0.2) is 0 Å². The lowest BCUT2D eigenvalue weighted by atomic mass is 9.83. The van der Waals surface area contributed by atoms with Gasteiger partial charge in [0.25, 0.3) is 0 Å². The largest absolute Gasteiger partial charge is 0.393 e. The van der Waals surface area contributed by atoms with E-state index in [1.165, 1.54) is 38.5 Å². The van der Waals surface area contributed by atoms with E-state index in [0.717, 1.165) is 18.8 Å². The van der Waals surface area contributed by atoms with Crippen molar-refractivity contribution in [3.05, 3.63) is 0 Å². The summed E-state index contributed by atoms with van der Waals surface area (Å²) in [5, 5.41) is 10.1. The molecular formula is C18H38O. The molecule has 2 unspecified atom stereocenters. The van der Waals surface area contributed by atoms with Crippen molar-refractivity contribution >= 4 is 0 Å². The topological polar surface area (TPSA) is 20.2 Å². The number of hydrogen-bond acceptors (Lipinski definition) is 1. The summed E-state index contributed by atoms with van der Waals surface area (Å²) in [6.07, 6.45) is 9.63. The first-order valence-corrected chi connectivity index (χ1v) is 8.39. The van der Waals surface area contributed by atoms with Crippen LogP contribution in [0.15, 0.2) is 0 Å². The molecule has 0 saturated carbocycles. The molecule has 0 amide bonds. The molecule has 0 saturated heterocycles. The molecule has 0 spiro atoms. The summed E-state index contributed by atoms with van der Waals surface area (Å²) >= 11 is 0. The van der Waals surface area contributed by atoms with E-state index in [-0.39, 0.29) is 6.10 Å². The maximum atomic E-state index is 10.1. The van der Waals surface area contributed by atoms with Gasteiger partial charge in [0, 0.05) is 0 Å². The Bertz CT molecular complexity index is 202. The number of unbranched alkanes of at least 4 members (excludes halogenated alkanes) is 3. The van der Waals surface area contributed by atoms with Crippen molar-refractivity contribution in [1.82, 2.24) is 0 Å². The minimum absolute atomic E-state index is 0.0811. The van der Waals surface area contributed by atoms with Crippen molar-refractivity contribution in [2.45, 2.75) is 99.0 Å². The normalized spacial score (nSPS) is 15.8. The van der Waals surface area contributed by atoms with Gasteiger partial charge in [-0.1, -0.05) is 73.6 Å². The van der Waals surface area contributed by atoms with Gasteiger partial charge >= 0.3 is 0 Å². The zero-order valence-electron chi connectivity index (χ0n) is 14.3. The SMILES string of the molecule is CC(C)CCCCCCC(O)CC(C)CC(C)(C)C. The predicted molar refractivity (Wildman–Crippen MR) is 86.4 cm³/mol. The van der Waals surface area contributed by atoms with E-state index in [4.69, 9.17) is 0 Å². The average molecular weight is 271 g/mol. The second-order valence-corrected chi connectivity index (χ2v) is 8.14. The molecule has 1 heteroatoms. The Hall–Kier alpha value is -0.0400. The summed E-state index contributed by atoms with van der Waals surface area (Å²) in [5.74, 6) is 1.47. The van der Waals surface area contributed by atoms with E-state index < -0.39 is 0 Å². The highest BCUT2D eigenvalue weighted by molar-refractivity contribution is 4.69. The van der Waals surface area contributed by atoms with E-state index >= 15 is 0 Å². The molecule has 19 heavy (non-hydrogen) atoms. The molecule has 2 atom stereocenters. The van der Waals surface area contributed by atoms with Crippen molar-refractivity contribution in [3.63, 3.8) is 0 Å². The molecule has 0 aromatic heterocycles. The number of hydrogen-bond donors (Lipinski definition) is 1. The van der Waals surface area contributed by atoms with Crippen LogP contribution in [0.2, 0.25) is 0 Å². The standard InChI is InChI=1S/C18H38O/c1-15(2)11-9-7-8-10-12-17(19)13-16(3)14-18(4,5)6/h15-17,19H,7-14H2,1-6H3. The van der Waals surface area contributed by atoms with E-state index in [1.807, 2.05) is 0 Å². The fourth-order valence-corrected chi connectivity index (χ4v) is 3.00. The fourth-order valence-electron chi connectivity index (χ4n) is 3.00. The highest BCUT2D eigenvalue weighted by Gasteiger charge is 2.17. The lowest BCUT2D eigenvalue weighted by molar-refractivity contribution is 0.121. The average Bonchev–Trinajstić information content (AvgIpc) is 2.19. The monoisotopic (exact) mass is 270 g/mol. The van der Waals surface area contributed by atoms with Gasteiger partial charge < -0.3 is 5.11 Å². The second kappa shape index (κ2) is 9.80. The Kier molecular flexibility index (Phi) is 9.78. The summed E-state index contributed by atoms with van der Waals surface area (Å²) in [6.45, 7) is 13.7. The lowest BCUT2D eigenvalue weighted by Gasteiger charge is -2.24. The third kappa shape index (κ3) is 14.2. The maximum absolute atomic E-state index is 10.1. The van der Waals surface area contributed by atoms with Crippen LogP contribution in [-0.4, -0.2) is 11.2 Å². The third-order valence-electron chi connectivity index (χ3n) is 3.70. The van der Waals surface area contributed by atoms with Crippen molar-refractivity contribution < 1.29 is 5.11 Å². The first kappa shape index (κ1) is 19.0. The van der Waals surface area contributed by atoms with Crippen LogP contribution < -0.4 is 0 Å². The molecule has 0 fully saturated rings. The molecule has 1 N–H and O–H groups in total. The van der Waals surface area contributed by atoms with E-state index in [9.17, 15) is 5.11 Å². The molecule has 0 radical (unpaired) electrons. The fraction of sp³-hybridized carbons (Fsp3) is 1.00. The van der Waals surface area contributed by atoms with Crippen LogP contribution in [0.4, 0.5) is 0 Å². The van der Waals surface area contributed by atoms with Crippen molar-refractivity contribution in [2.24, 2.45) is 17.3 Å². The molecule has 0 heterocycles. The van der Waals surface area contributed by atoms with Gasteiger partial charge in [0.05, 0.1) is 6.10 Å². The van der Waals surface area contributed by atoms with Crippen LogP contribution >= 0.6 is 0 Å². The van der Waals surface area contributed by atoms with Crippen LogP contribution in [0.5, 0.6) is 0 Å². The minimum atomic E-state index is -0.0811. The lowest BCUT2D eigenvalue weighted by Crippen LogP contribution is -2.17. The molecular weight excluding hydrogens is 232 g/mol. The van der Waals surface area contributed by atoms with Crippen molar-refractivity contribution in [1.29, 1.82) is 0 Å². The zero-order valence-corrected chi connectivity index (χ0v) is 14.3. The highest BCUT2D eigenvalue weighted by atomic mass is 16.3. The molecule has 0 aliphatic rings. The van der Waals surface area contributed by atoms with E-state index in [1.54, 1.807) is 0 Å². The molecule has 1 nitrogen and oxygen atoms in total. The summed E-state index contributed by atoms with van der Waals surface area (Å²) in [7, 11) is 0. The predicted octanol–water partition coefficient (Wildman–Crippen LogP) is 5.81. The van der Waals surface area contributed by atoms with Gasteiger partial charge in [0.1, 0.15) is 0 Å². The number of rotatable bonds is 10. The van der Waals surface area contributed by atoms with Gasteiger partial charge in [-0.15, -0.1) is 0 Å². The smallest absolute Gasteiger partial charge is 0.0542 e. The first-order valence-electron chi connectivity index (χ1n) is 8.39. The molecule has 0 aromatic rings. The van der Waals surface area contributed by atoms with E-state index in [2.05, 4.69) is 41.5 Å². The quantitative estimate of drug-likeness (QED) is 0.497. The van der Waals surface area contributed by atoms with Gasteiger partial charge in [-0.05, 0) is 36.5 Å². The molecule has 0 rings (SSSR count). The van der Waals surface area contributed by atoms with Crippen LogP contribution in [0.3, 0.4) is 0 Å². The Labute approximate surface area is 122 Å². The zero-order chi connectivity index (χ0) is 14.9. The highest BCUT2D eigenvalue weighted by Crippen LogP contribution is 2.27. The minimum Gasteiger partial charge on any atom is -0.393 e. The molecule has 0 aliphatic carbocycles. The number of aliphatic hydroxyl groups excluding tert-OH is 1. The van der Waals surface area contributed by atoms with Crippen molar-refractivity contribution in [3.8, 4) is 0 Å². The first-order chi connectivity index (χ1) is 8.70. The van der Waals surface area contributed by atoms with Crippen LogP contribution in [-0.2, 0) is 0 Å². The summed E-state index contributed by atoms with van der Waals surface area (Å²) < 4.78 is 0. The Morgan fingerprint density at radius 2 is 1.37 bits per heavy atom. The third-order valence-corrected chi connectivity index (χ3v) is 3.70. The van der Waals surface area contributed by atoms with Crippen LogP contribution in [0.25, 0.3) is 0 Å². The van der Waals surface area contributed by atoms with Crippen LogP contribution in [0, 0.1) is 17.3 Å². The van der Waals surface area contributed by atoms with Gasteiger partial charge in [0.2, 0.25) is 0 Å². The van der Waals surface area contributed by atoms with Gasteiger partial charge in [-0.2, -0.15) is 0 Å². The Morgan fingerprint density at radius 1 is 0.842 bits per heavy atom. The molecule has 116 valence electrons. The van der Waals surface area contributed by atoms with Gasteiger partial charge in [-0.3, -0.25) is 0 Å². The summed E-state index contributed by atoms with van der Waals surface area (Å²) in [4.78, 5) is 0. The summed E-state index contributed by atoms with van der Waals surface area (Å²) in [5.41, 5.74) is 0.385. The van der Waals surface area contributed by atoms with Crippen molar-refractivity contribution in [2.75, 3.05) is 0 Å². The van der Waals surface area contributed by atoms with Crippen LogP contribution in [0.1, 0.15) is 92.9 Å². The maximum Gasteiger partial charge on any atom is 0.0542 e. The number of aliphatic hydroxyl groups is 1. The molecule has 0 aromatic carbocycles. The molecule has 0 aliphatic heterocycles. The van der Waals surface area contributed by atoms with Gasteiger partial charge in [-0.25, -0.2) is 0 Å². The Morgan fingerprint density at radius 3 is 1.84 bits per heavy atom.